The van der Waals surface area contributed by atoms with Gasteiger partial charge in [-0.1, -0.05) is 113 Å². The Hall–Kier alpha value is -4.00. The van der Waals surface area contributed by atoms with Crippen molar-refractivity contribution in [3.05, 3.63) is 35.9 Å². The predicted molar refractivity (Wildman–Crippen MR) is 228 cm³/mol. The minimum atomic E-state index is -0.971. The standard InChI is InChI=1S/C44H77N7O6/c1-26(2)33(45-13)40(53)48(15)35(28(5)6)42(55)50(17)37(30(9)10)44(57)51(18)38(31(11)12)43(56)49(16)36(29(7)8)41(54)47(14)34(27(3)4)39(52)46-25-24-32-22-20-19-21-23-32/h19-23,26-31,33-38,45H,24-25H2,1-18H3,(H,46,52)/t33-,34-,35-,36-,37-,38-/m0/s1. The van der Waals surface area contributed by atoms with Gasteiger partial charge in [0.2, 0.25) is 35.4 Å². The molecule has 1 rings (SSSR count). The smallest absolute Gasteiger partial charge is 0.246 e. The summed E-state index contributed by atoms with van der Waals surface area (Å²) in [6, 6.07) is 4.89. The maximum absolute atomic E-state index is 14.6. The molecule has 0 heterocycles. The first-order valence-corrected chi connectivity index (χ1v) is 20.7. The lowest BCUT2D eigenvalue weighted by molar-refractivity contribution is -0.158. The van der Waals surface area contributed by atoms with Crippen molar-refractivity contribution in [3.8, 4) is 0 Å². The summed E-state index contributed by atoms with van der Waals surface area (Å²) in [6.45, 7) is 22.9. The Kier molecular flexibility index (Phi) is 20.4. The van der Waals surface area contributed by atoms with Crippen molar-refractivity contribution >= 4 is 35.4 Å². The lowest BCUT2D eigenvalue weighted by Gasteiger charge is -2.43. The van der Waals surface area contributed by atoms with Gasteiger partial charge < -0.3 is 35.1 Å². The first-order valence-electron chi connectivity index (χ1n) is 20.7. The maximum Gasteiger partial charge on any atom is 0.246 e. The fraction of sp³-hybridized carbons (Fsp3) is 0.727. The van der Waals surface area contributed by atoms with Gasteiger partial charge in [0, 0.05) is 41.8 Å². The van der Waals surface area contributed by atoms with E-state index in [0.29, 0.717) is 13.0 Å². The van der Waals surface area contributed by atoms with Crippen LogP contribution in [0.15, 0.2) is 30.3 Å². The summed E-state index contributed by atoms with van der Waals surface area (Å²) in [5, 5.41) is 6.06. The second-order valence-electron chi connectivity index (χ2n) is 17.7. The lowest BCUT2D eigenvalue weighted by Crippen LogP contribution is -2.63. The molecule has 0 aliphatic heterocycles. The molecule has 6 atom stereocenters. The fourth-order valence-electron chi connectivity index (χ4n) is 8.08. The molecule has 0 aliphatic rings. The largest absolute Gasteiger partial charge is 0.354 e. The molecule has 0 spiro atoms. The molecule has 0 radical (unpaired) electrons. The van der Waals surface area contributed by atoms with Crippen molar-refractivity contribution in [3.63, 3.8) is 0 Å². The van der Waals surface area contributed by atoms with E-state index in [1.54, 1.807) is 42.3 Å². The highest BCUT2D eigenvalue weighted by Gasteiger charge is 2.45. The Labute approximate surface area is 344 Å². The van der Waals surface area contributed by atoms with Gasteiger partial charge in [-0.3, -0.25) is 28.8 Å². The summed E-state index contributed by atoms with van der Waals surface area (Å²) in [4.78, 5) is 92.0. The number of carbonyl (C=O) groups is 6. The van der Waals surface area contributed by atoms with E-state index >= 15 is 0 Å². The van der Waals surface area contributed by atoms with Crippen LogP contribution in [-0.2, 0) is 35.2 Å². The van der Waals surface area contributed by atoms with Crippen LogP contribution in [0.1, 0.15) is 88.6 Å². The zero-order valence-electron chi connectivity index (χ0n) is 38.4. The molecule has 0 fully saturated rings. The van der Waals surface area contributed by atoms with Crippen LogP contribution in [0.3, 0.4) is 0 Å². The molecule has 1 aromatic carbocycles. The second-order valence-corrected chi connectivity index (χ2v) is 17.7. The molecule has 0 saturated heterocycles. The van der Waals surface area contributed by atoms with E-state index in [9.17, 15) is 28.8 Å². The third kappa shape index (κ3) is 13.0. The summed E-state index contributed by atoms with van der Waals surface area (Å²) in [5.41, 5.74) is 1.09. The van der Waals surface area contributed by atoms with Gasteiger partial charge in [0.05, 0.1) is 6.04 Å². The quantitative estimate of drug-likeness (QED) is 0.192. The molecule has 57 heavy (non-hydrogen) atoms. The lowest BCUT2D eigenvalue weighted by atomic mass is 9.93. The molecule has 1 aromatic rings. The van der Waals surface area contributed by atoms with Crippen molar-refractivity contribution < 1.29 is 28.8 Å². The minimum absolute atomic E-state index is 0.00912. The number of hydrogen-bond acceptors (Lipinski definition) is 7. The number of hydrogen-bond donors (Lipinski definition) is 2. The van der Waals surface area contributed by atoms with Crippen LogP contribution in [0.2, 0.25) is 0 Å². The van der Waals surface area contributed by atoms with Gasteiger partial charge in [0.25, 0.3) is 0 Å². The van der Waals surface area contributed by atoms with Crippen molar-refractivity contribution in [2.45, 2.75) is 126 Å². The predicted octanol–water partition coefficient (Wildman–Crippen LogP) is 4.00. The maximum atomic E-state index is 14.6. The highest BCUT2D eigenvalue weighted by Crippen LogP contribution is 2.25. The van der Waals surface area contributed by atoms with Crippen molar-refractivity contribution in [1.82, 2.24) is 35.1 Å². The van der Waals surface area contributed by atoms with E-state index in [1.165, 1.54) is 24.5 Å². The van der Waals surface area contributed by atoms with Gasteiger partial charge in [-0.05, 0) is 54.5 Å². The van der Waals surface area contributed by atoms with Gasteiger partial charge in [0.15, 0.2) is 0 Å². The summed E-state index contributed by atoms with van der Waals surface area (Å²) in [5.74, 6) is -3.58. The highest BCUT2D eigenvalue weighted by atomic mass is 16.2. The number of benzene rings is 1. The molecule has 0 aromatic heterocycles. The van der Waals surface area contributed by atoms with Gasteiger partial charge >= 0.3 is 0 Å². The van der Waals surface area contributed by atoms with E-state index in [4.69, 9.17) is 0 Å². The molecule has 6 amide bonds. The normalized spacial score (nSPS) is 14.9. The second kappa shape index (κ2) is 22.8. The number of nitrogens with one attached hydrogen (secondary N) is 2. The van der Waals surface area contributed by atoms with Crippen LogP contribution in [0.5, 0.6) is 0 Å². The minimum Gasteiger partial charge on any atom is -0.354 e. The highest BCUT2D eigenvalue weighted by molar-refractivity contribution is 5.97. The van der Waals surface area contributed by atoms with E-state index in [2.05, 4.69) is 10.6 Å². The van der Waals surface area contributed by atoms with E-state index in [0.717, 1.165) is 5.56 Å². The molecule has 324 valence electrons. The number of nitrogens with zero attached hydrogens (tertiary/aromatic N) is 5. The number of carbonyl (C=O) groups excluding carboxylic acids is 6. The summed E-state index contributed by atoms with van der Waals surface area (Å²) < 4.78 is 0. The molecular formula is C44H77N7O6. The van der Waals surface area contributed by atoms with Gasteiger partial charge in [-0.2, -0.15) is 0 Å². The first-order chi connectivity index (χ1) is 26.4. The van der Waals surface area contributed by atoms with Crippen molar-refractivity contribution in [2.75, 3.05) is 48.8 Å². The van der Waals surface area contributed by atoms with Crippen LogP contribution in [-0.4, -0.2) is 145 Å². The average Bonchev–Trinajstić information content (AvgIpc) is 3.11. The van der Waals surface area contributed by atoms with Gasteiger partial charge in [-0.25, -0.2) is 0 Å². The van der Waals surface area contributed by atoms with Gasteiger partial charge in [-0.15, -0.1) is 0 Å². The van der Waals surface area contributed by atoms with Crippen LogP contribution in [0, 0.1) is 35.5 Å². The number of likely N-dealkylation sites (N-methyl/N-ethyl adjacent to an activating group) is 6. The zero-order valence-corrected chi connectivity index (χ0v) is 38.4. The average molecular weight is 800 g/mol. The van der Waals surface area contributed by atoms with E-state index in [1.807, 2.05) is 113 Å². The number of amides is 6. The molecule has 0 saturated carbocycles. The third-order valence-corrected chi connectivity index (χ3v) is 11.1. The first kappa shape index (κ1) is 51.0. The zero-order chi connectivity index (χ0) is 44.2. The van der Waals surface area contributed by atoms with Gasteiger partial charge in [0.1, 0.15) is 30.2 Å². The molecule has 0 unspecified atom stereocenters. The summed E-state index contributed by atoms with van der Waals surface area (Å²) in [7, 11) is 9.66. The molecular weight excluding hydrogens is 723 g/mol. The van der Waals surface area contributed by atoms with Crippen molar-refractivity contribution in [2.24, 2.45) is 35.5 Å². The van der Waals surface area contributed by atoms with Crippen LogP contribution in [0.25, 0.3) is 0 Å². The Morgan fingerprint density at radius 1 is 0.456 bits per heavy atom. The topological polar surface area (TPSA) is 143 Å². The SMILES string of the molecule is CN[C@H](C(=O)N(C)[C@H](C(=O)N(C)[C@H](C(=O)N(C)[C@H](C(=O)N(C)[C@H](C(=O)N(C)[C@H](C(=O)NCCc1ccccc1)C(C)C)C(C)C)C(C)C)C(C)C)C(C)C)C(C)C. The Bertz CT molecular complexity index is 1480. The monoisotopic (exact) mass is 800 g/mol. The fourth-order valence-corrected chi connectivity index (χ4v) is 8.08. The molecule has 2 N–H and O–H groups in total. The van der Waals surface area contributed by atoms with Crippen LogP contribution >= 0.6 is 0 Å². The molecule has 0 aliphatic carbocycles. The van der Waals surface area contributed by atoms with E-state index < -0.39 is 48.1 Å². The molecule has 13 heteroatoms. The Morgan fingerprint density at radius 3 is 1.04 bits per heavy atom. The van der Waals surface area contributed by atoms with Crippen LogP contribution in [0.4, 0.5) is 0 Å². The molecule has 13 nitrogen and oxygen atoms in total. The van der Waals surface area contributed by atoms with Crippen molar-refractivity contribution in [1.29, 1.82) is 0 Å². The summed E-state index contributed by atoms with van der Waals surface area (Å²) in [6.07, 6.45) is 0.649. The van der Waals surface area contributed by atoms with Crippen LogP contribution < -0.4 is 10.6 Å². The Morgan fingerprint density at radius 2 is 0.754 bits per heavy atom. The van der Waals surface area contributed by atoms with E-state index in [-0.39, 0.29) is 59.1 Å². The summed E-state index contributed by atoms with van der Waals surface area (Å²) >= 11 is 0. The third-order valence-electron chi connectivity index (χ3n) is 11.1. The number of rotatable bonds is 21. The Balaban J connectivity index is 3.42. The molecule has 0 bridgehead atoms.